The van der Waals surface area contributed by atoms with E-state index in [1.807, 2.05) is 0 Å². The van der Waals surface area contributed by atoms with Crippen LogP contribution in [0.25, 0.3) is 0 Å². The molecule has 4 nitrogen and oxygen atoms in total. The minimum Gasteiger partial charge on any atom is -0.748 e. The summed E-state index contributed by atoms with van der Waals surface area (Å²) in [7, 11) is -4.15. The van der Waals surface area contributed by atoms with Crippen LogP contribution in [0.2, 0.25) is 0 Å². The van der Waals surface area contributed by atoms with Gasteiger partial charge in [-0.25, -0.2) is 8.42 Å². The van der Waals surface area contributed by atoms with Crippen LogP contribution in [0.4, 0.5) is 0 Å². The third-order valence-electron chi connectivity index (χ3n) is 4.19. The summed E-state index contributed by atoms with van der Waals surface area (Å²) < 4.78 is 33.9. The molecule has 0 rings (SSSR count). The molecule has 0 fully saturated rings. The van der Waals surface area contributed by atoms with Gasteiger partial charge < -0.3 is 9.66 Å². The molecule has 6 heteroatoms. The Bertz CT molecular complexity index is 345. The number of aliphatic hydroxyl groups excluding tert-OH is 1. The van der Waals surface area contributed by atoms with E-state index in [-0.39, 0.29) is 57.5 Å². The Morgan fingerprint density at radius 2 is 1.22 bits per heavy atom. The minimum atomic E-state index is -4.15. The molecule has 0 spiro atoms. The van der Waals surface area contributed by atoms with Gasteiger partial charge in [-0.1, -0.05) is 71.1 Å². The maximum Gasteiger partial charge on any atom is 1.00 e. The van der Waals surface area contributed by atoms with E-state index in [1.165, 1.54) is 12.8 Å². The summed E-state index contributed by atoms with van der Waals surface area (Å²) in [5.41, 5.74) is 0. The van der Waals surface area contributed by atoms with Gasteiger partial charge in [-0.2, -0.15) is 0 Å². The Morgan fingerprint density at radius 3 is 1.61 bits per heavy atom. The number of hydrogen-bond donors (Lipinski definition) is 1. The molecule has 0 aliphatic heterocycles. The molecule has 2 unspecified atom stereocenters. The maximum atomic E-state index is 11.3. The molecule has 0 bridgehead atoms. The van der Waals surface area contributed by atoms with Crippen LogP contribution in [0.3, 0.4) is 0 Å². The SMILES string of the molecule is CCCCCCCC(CCCCCCCC(C)O)S(=O)(=O)[O-].[K+]. The van der Waals surface area contributed by atoms with E-state index in [0.29, 0.717) is 12.8 Å². The Balaban J connectivity index is 0. The first-order chi connectivity index (χ1) is 10.4. The van der Waals surface area contributed by atoms with Crippen LogP contribution in [-0.4, -0.2) is 29.4 Å². The predicted molar refractivity (Wildman–Crippen MR) is 90.9 cm³/mol. The first kappa shape index (κ1) is 26.7. The van der Waals surface area contributed by atoms with Crippen LogP contribution in [0.5, 0.6) is 0 Å². The molecule has 0 saturated carbocycles. The van der Waals surface area contributed by atoms with Gasteiger partial charge in [0.25, 0.3) is 0 Å². The van der Waals surface area contributed by atoms with Crippen molar-refractivity contribution in [2.24, 2.45) is 0 Å². The normalized spacial score (nSPS) is 14.3. The van der Waals surface area contributed by atoms with Crippen molar-refractivity contribution >= 4 is 10.1 Å². The fourth-order valence-electron chi connectivity index (χ4n) is 2.75. The average molecular weight is 375 g/mol. The Kier molecular flexibility index (Phi) is 19.7. The molecule has 0 aliphatic rings. The Labute approximate surface area is 186 Å². The van der Waals surface area contributed by atoms with E-state index in [4.69, 9.17) is 5.11 Å². The molecule has 0 aromatic rings. The molecule has 1 N–H and O–H groups in total. The van der Waals surface area contributed by atoms with Crippen molar-refractivity contribution in [1.82, 2.24) is 0 Å². The van der Waals surface area contributed by atoms with Gasteiger partial charge in [0, 0.05) is 5.25 Å². The van der Waals surface area contributed by atoms with Gasteiger partial charge in [0.05, 0.1) is 16.2 Å². The fourth-order valence-corrected chi connectivity index (χ4v) is 3.66. The van der Waals surface area contributed by atoms with Gasteiger partial charge in [0.15, 0.2) is 0 Å². The summed E-state index contributed by atoms with van der Waals surface area (Å²) >= 11 is 0. The van der Waals surface area contributed by atoms with Crippen molar-refractivity contribution in [3.05, 3.63) is 0 Å². The molecule has 0 aliphatic carbocycles. The van der Waals surface area contributed by atoms with Crippen molar-refractivity contribution in [3.63, 3.8) is 0 Å². The molecule has 0 amide bonds. The number of hydrogen-bond acceptors (Lipinski definition) is 4. The second-order valence-electron chi connectivity index (χ2n) is 6.51. The van der Waals surface area contributed by atoms with Crippen molar-refractivity contribution in [3.8, 4) is 0 Å². The van der Waals surface area contributed by atoms with Gasteiger partial charge in [-0.3, -0.25) is 0 Å². The molecule has 0 aromatic heterocycles. The zero-order valence-corrected chi connectivity index (χ0v) is 19.4. The summed E-state index contributed by atoms with van der Waals surface area (Å²) in [6, 6.07) is 0. The summed E-state index contributed by atoms with van der Waals surface area (Å²) in [6.45, 7) is 3.94. The second-order valence-corrected chi connectivity index (χ2v) is 8.16. The summed E-state index contributed by atoms with van der Waals surface area (Å²) in [5.74, 6) is 0. The number of unbranched alkanes of at least 4 members (excludes halogenated alkanes) is 8. The molecule has 134 valence electrons. The van der Waals surface area contributed by atoms with Crippen LogP contribution in [0, 0.1) is 0 Å². The topological polar surface area (TPSA) is 77.4 Å². The molecule has 0 aromatic carbocycles. The van der Waals surface area contributed by atoms with Crippen LogP contribution in [0.1, 0.15) is 97.3 Å². The molecule has 0 saturated heterocycles. The van der Waals surface area contributed by atoms with Crippen molar-refractivity contribution < 1.29 is 69.5 Å². The summed E-state index contributed by atoms with van der Waals surface area (Å²) in [4.78, 5) is 0. The van der Waals surface area contributed by atoms with Gasteiger partial charge in [0.2, 0.25) is 0 Å². The van der Waals surface area contributed by atoms with E-state index in [9.17, 15) is 13.0 Å². The van der Waals surface area contributed by atoms with Crippen LogP contribution < -0.4 is 51.4 Å². The van der Waals surface area contributed by atoms with E-state index in [1.54, 1.807) is 6.92 Å². The van der Waals surface area contributed by atoms with Crippen LogP contribution in [0.15, 0.2) is 0 Å². The first-order valence-electron chi connectivity index (χ1n) is 9.00. The molecular formula is C17H35KO4S. The Hall–Kier alpha value is 1.51. The van der Waals surface area contributed by atoms with E-state index in [0.717, 1.165) is 57.8 Å². The molecule has 0 radical (unpaired) electrons. The van der Waals surface area contributed by atoms with Gasteiger partial charge in [0.1, 0.15) is 0 Å². The maximum absolute atomic E-state index is 11.3. The van der Waals surface area contributed by atoms with Crippen LogP contribution in [-0.2, 0) is 10.1 Å². The van der Waals surface area contributed by atoms with E-state index in [2.05, 4.69) is 6.92 Å². The largest absolute Gasteiger partial charge is 1.00 e. The monoisotopic (exact) mass is 374 g/mol. The average Bonchev–Trinajstić information content (AvgIpc) is 2.42. The predicted octanol–water partition coefficient (Wildman–Crippen LogP) is 1.38. The first-order valence-corrected chi connectivity index (χ1v) is 10.5. The summed E-state index contributed by atoms with van der Waals surface area (Å²) in [6.07, 6.45) is 11.9. The fraction of sp³-hybridized carbons (Fsp3) is 1.00. The molecular weight excluding hydrogens is 339 g/mol. The Morgan fingerprint density at radius 1 is 0.826 bits per heavy atom. The standard InChI is InChI=1S/C17H36O4S.K/c1-3-4-5-7-11-14-17(22(19,20)21)15-12-9-6-8-10-13-16(2)18;/h16-18H,3-15H2,1-2H3,(H,19,20,21);/q;+1/p-1. The second kappa shape index (κ2) is 16.9. The smallest absolute Gasteiger partial charge is 0.748 e. The number of aliphatic hydroxyl groups is 1. The van der Waals surface area contributed by atoms with Crippen LogP contribution >= 0.6 is 0 Å². The van der Waals surface area contributed by atoms with E-state index < -0.39 is 15.4 Å². The van der Waals surface area contributed by atoms with Gasteiger partial charge in [-0.15, -0.1) is 0 Å². The third-order valence-corrected chi connectivity index (χ3v) is 5.47. The minimum absolute atomic E-state index is 0. The zero-order valence-electron chi connectivity index (χ0n) is 15.4. The molecule has 23 heavy (non-hydrogen) atoms. The van der Waals surface area contributed by atoms with Crippen molar-refractivity contribution in [2.45, 2.75) is 109 Å². The molecule has 2 atom stereocenters. The van der Waals surface area contributed by atoms with Gasteiger partial charge in [-0.05, 0) is 26.2 Å². The third kappa shape index (κ3) is 18.1. The number of rotatable bonds is 15. The molecule has 0 heterocycles. The van der Waals surface area contributed by atoms with Crippen molar-refractivity contribution in [2.75, 3.05) is 0 Å². The van der Waals surface area contributed by atoms with Crippen molar-refractivity contribution in [1.29, 1.82) is 0 Å². The van der Waals surface area contributed by atoms with Gasteiger partial charge >= 0.3 is 51.4 Å². The summed E-state index contributed by atoms with van der Waals surface area (Å²) in [5, 5.41) is 8.46. The zero-order chi connectivity index (χ0) is 16.8. The quantitative estimate of drug-likeness (QED) is 0.267. The van der Waals surface area contributed by atoms with E-state index >= 15 is 0 Å².